The molecule has 3 aromatic rings. The van der Waals surface area contributed by atoms with E-state index in [1.54, 1.807) is 17.0 Å². The fourth-order valence-corrected chi connectivity index (χ4v) is 4.12. The Kier molecular flexibility index (Phi) is 8.76. The first kappa shape index (κ1) is 25.8. The zero-order valence-corrected chi connectivity index (χ0v) is 21.2. The highest BCUT2D eigenvalue weighted by Crippen LogP contribution is 2.23. The van der Waals surface area contributed by atoms with Crippen LogP contribution in [0.1, 0.15) is 37.5 Å². The van der Waals surface area contributed by atoms with Crippen molar-refractivity contribution in [2.24, 2.45) is 0 Å². The Labute approximate surface area is 211 Å². The minimum absolute atomic E-state index is 0.0816. The van der Waals surface area contributed by atoms with E-state index >= 15 is 0 Å². The Balaban J connectivity index is 2.01. The minimum Gasteiger partial charge on any atom is -0.350 e. The van der Waals surface area contributed by atoms with E-state index in [4.69, 9.17) is 23.2 Å². The molecule has 0 aliphatic rings. The van der Waals surface area contributed by atoms with E-state index in [-0.39, 0.29) is 24.8 Å². The van der Waals surface area contributed by atoms with E-state index in [0.717, 1.165) is 11.1 Å². The maximum atomic E-state index is 13.7. The molecule has 0 fully saturated rings. The van der Waals surface area contributed by atoms with Gasteiger partial charge in [0.05, 0.1) is 6.42 Å². The van der Waals surface area contributed by atoms with Crippen molar-refractivity contribution >= 4 is 35.0 Å². The van der Waals surface area contributed by atoms with Crippen molar-refractivity contribution in [2.45, 2.75) is 51.7 Å². The van der Waals surface area contributed by atoms with Crippen LogP contribution < -0.4 is 5.32 Å². The Morgan fingerprint density at radius 2 is 1.35 bits per heavy atom. The zero-order valence-electron chi connectivity index (χ0n) is 19.7. The molecular formula is C28H30Cl2N2O2. The topological polar surface area (TPSA) is 49.4 Å². The number of amides is 2. The number of carbonyl (C=O) groups is 2. The van der Waals surface area contributed by atoms with Crippen molar-refractivity contribution in [1.29, 1.82) is 0 Å². The number of benzene rings is 3. The third kappa shape index (κ3) is 7.34. The van der Waals surface area contributed by atoms with E-state index in [9.17, 15) is 9.59 Å². The normalized spacial score (nSPS) is 12.1. The fraction of sp³-hybridized carbons (Fsp3) is 0.286. The molecule has 0 radical (unpaired) electrons. The van der Waals surface area contributed by atoms with Gasteiger partial charge in [-0.25, -0.2) is 0 Å². The average Bonchev–Trinajstić information content (AvgIpc) is 2.78. The SMILES string of the molecule is CC(C)(C)NC(=O)C(Cc1ccccc1)N(Cc1ccccc1Cl)C(=O)Cc1ccccc1Cl. The molecule has 1 atom stereocenters. The van der Waals surface area contributed by atoms with Gasteiger partial charge in [0, 0.05) is 28.5 Å². The molecule has 34 heavy (non-hydrogen) atoms. The maximum Gasteiger partial charge on any atom is 0.243 e. The lowest BCUT2D eigenvalue weighted by atomic mass is 10.00. The summed E-state index contributed by atoms with van der Waals surface area (Å²) >= 11 is 12.8. The van der Waals surface area contributed by atoms with E-state index in [2.05, 4.69) is 5.32 Å². The molecule has 3 rings (SSSR count). The van der Waals surface area contributed by atoms with Gasteiger partial charge < -0.3 is 10.2 Å². The molecule has 0 heterocycles. The van der Waals surface area contributed by atoms with Gasteiger partial charge in [0.25, 0.3) is 0 Å². The smallest absolute Gasteiger partial charge is 0.243 e. The van der Waals surface area contributed by atoms with Crippen molar-refractivity contribution < 1.29 is 9.59 Å². The first-order chi connectivity index (χ1) is 16.1. The molecule has 0 saturated carbocycles. The standard InChI is InChI=1S/C28H30Cl2N2O2/c1-28(2,3)31-27(34)25(17-20-11-5-4-6-12-20)32(19-22-14-8-10-16-24(22)30)26(33)18-21-13-7-9-15-23(21)29/h4-16,25H,17-19H2,1-3H3,(H,31,34). The largest absolute Gasteiger partial charge is 0.350 e. The lowest BCUT2D eigenvalue weighted by molar-refractivity contribution is -0.141. The lowest BCUT2D eigenvalue weighted by Crippen LogP contribution is -2.54. The van der Waals surface area contributed by atoms with E-state index < -0.39 is 11.6 Å². The second kappa shape index (κ2) is 11.5. The molecule has 2 amide bonds. The predicted octanol–water partition coefficient (Wildman–Crippen LogP) is 6.09. The summed E-state index contributed by atoms with van der Waals surface area (Å²) in [6.45, 7) is 5.98. The van der Waals surface area contributed by atoms with Crippen LogP contribution in [0.15, 0.2) is 78.9 Å². The molecule has 0 spiro atoms. The van der Waals surface area contributed by atoms with Crippen LogP contribution in [0.4, 0.5) is 0 Å². The first-order valence-corrected chi connectivity index (χ1v) is 12.0. The summed E-state index contributed by atoms with van der Waals surface area (Å²) in [4.78, 5) is 28.9. The zero-order chi connectivity index (χ0) is 24.7. The molecule has 0 aromatic heterocycles. The number of halogens is 2. The van der Waals surface area contributed by atoms with Crippen LogP contribution >= 0.6 is 23.2 Å². The second-order valence-electron chi connectivity index (χ2n) is 9.33. The molecule has 0 saturated heterocycles. The van der Waals surface area contributed by atoms with E-state index in [0.29, 0.717) is 22.0 Å². The number of carbonyl (C=O) groups excluding carboxylic acids is 2. The summed E-state index contributed by atoms with van der Waals surface area (Å²) in [7, 11) is 0. The van der Waals surface area contributed by atoms with Gasteiger partial charge in [-0.1, -0.05) is 89.9 Å². The molecule has 0 aliphatic heterocycles. The monoisotopic (exact) mass is 496 g/mol. The summed E-state index contributed by atoms with van der Waals surface area (Å²) in [6, 6.07) is 23.6. The maximum absolute atomic E-state index is 13.7. The summed E-state index contributed by atoms with van der Waals surface area (Å²) in [5.74, 6) is -0.408. The molecule has 0 aliphatic carbocycles. The second-order valence-corrected chi connectivity index (χ2v) is 10.1. The third-order valence-corrected chi connectivity index (χ3v) is 6.10. The summed E-state index contributed by atoms with van der Waals surface area (Å²) < 4.78 is 0. The van der Waals surface area contributed by atoms with Gasteiger partial charge in [-0.15, -0.1) is 0 Å². The molecule has 3 aromatic carbocycles. The van der Waals surface area contributed by atoms with Crippen molar-refractivity contribution in [1.82, 2.24) is 10.2 Å². The van der Waals surface area contributed by atoms with Gasteiger partial charge in [-0.05, 0) is 49.6 Å². The van der Waals surface area contributed by atoms with Crippen molar-refractivity contribution in [3.8, 4) is 0 Å². The molecule has 178 valence electrons. The predicted molar refractivity (Wildman–Crippen MR) is 139 cm³/mol. The molecule has 1 N–H and O–H groups in total. The molecule has 6 heteroatoms. The number of hydrogen-bond donors (Lipinski definition) is 1. The van der Waals surface area contributed by atoms with Crippen LogP contribution in [0.25, 0.3) is 0 Å². The van der Waals surface area contributed by atoms with Gasteiger partial charge >= 0.3 is 0 Å². The molecule has 1 unspecified atom stereocenters. The minimum atomic E-state index is -0.729. The van der Waals surface area contributed by atoms with Gasteiger partial charge in [-0.3, -0.25) is 9.59 Å². The quantitative estimate of drug-likeness (QED) is 0.410. The van der Waals surface area contributed by atoms with Crippen molar-refractivity contribution in [2.75, 3.05) is 0 Å². The molecule has 4 nitrogen and oxygen atoms in total. The number of nitrogens with zero attached hydrogens (tertiary/aromatic N) is 1. The molecule has 0 bridgehead atoms. The first-order valence-electron chi connectivity index (χ1n) is 11.3. The van der Waals surface area contributed by atoms with Crippen molar-refractivity contribution in [3.63, 3.8) is 0 Å². The van der Waals surface area contributed by atoms with Gasteiger partial charge in [-0.2, -0.15) is 0 Å². The van der Waals surface area contributed by atoms with Gasteiger partial charge in [0.15, 0.2) is 0 Å². The summed E-state index contributed by atoms with van der Waals surface area (Å²) in [5, 5.41) is 4.13. The molecular weight excluding hydrogens is 467 g/mol. The van der Waals surface area contributed by atoms with E-state index in [1.807, 2.05) is 87.5 Å². The van der Waals surface area contributed by atoms with Crippen LogP contribution in [-0.4, -0.2) is 28.3 Å². The Morgan fingerprint density at radius 1 is 0.824 bits per heavy atom. The van der Waals surface area contributed by atoms with Crippen molar-refractivity contribution in [3.05, 3.63) is 106 Å². The summed E-state index contributed by atoms with van der Waals surface area (Å²) in [6.07, 6.45) is 0.458. The highest BCUT2D eigenvalue weighted by atomic mass is 35.5. The average molecular weight is 497 g/mol. The van der Waals surface area contributed by atoms with Crippen LogP contribution in [0.3, 0.4) is 0 Å². The Morgan fingerprint density at radius 3 is 1.91 bits per heavy atom. The van der Waals surface area contributed by atoms with Crippen LogP contribution in [0.5, 0.6) is 0 Å². The van der Waals surface area contributed by atoms with Gasteiger partial charge in [0.2, 0.25) is 11.8 Å². The Bertz CT molecular complexity index is 1130. The highest BCUT2D eigenvalue weighted by molar-refractivity contribution is 6.31. The van der Waals surface area contributed by atoms with Gasteiger partial charge in [0.1, 0.15) is 6.04 Å². The lowest BCUT2D eigenvalue weighted by Gasteiger charge is -2.34. The van der Waals surface area contributed by atoms with E-state index in [1.165, 1.54) is 0 Å². The highest BCUT2D eigenvalue weighted by Gasteiger charge is 2.32. The van der Waals surface area contributed by atoms with Crippen LogP contribution in [0.2, 0.25) is 10.0 Å². The summed E-state index contributed by atoms with van der Waals surface area (Å²) in [5.41, 5.74) is 2.01. The number of hydrogen-bond acceptors (Lipinski definition) is 2. The number of nitrogens with one attached hydrogen (secondary N) is 1. The van der Waals surface area contributed by atoms with Crippen LogP contribution in [-0.2, 0) is 29.0 Å². The Hall–Kier alpha value is -2.82. The van der Waals surface area contributed by atoms with Crippen LogP contribution in [0, 0.1) is 0 Å². The third-order valence-electron chi connectivity index (χ3n) is 5.37. The fourth-order valence-electron chi connectivity index (χ4n) is 3.72. The number of rotatable bonds is 8.